The maximum atomic E-state index is 5.70. The van der Waals surface area contributed by atoms with E-state index in [1.165, 1.54) is 5.56 Å². The van der Waals surface area contributed by atoms with Crippen LogP contribution in [0.4, 0.5) is 0 Å². The highest BCUT2D eigenvalue weighted by Crippen LogP contribution is 2.28. The topological polar surface area (TPSA) is 52.0 Å². The average molecular weight is 224 g/mol. The second-order valence-electron chi connectivity index (χ2n) is 4.80. The number of hydrogen-bond donors (Lipinski definition) is 3. The van der Waals surface area contributed by atoms with Crippen molar-refractivity contribution in [3.63, 3.8) is 0 Å². The second kappa shape index (κ2) is 4.56. The summed E-state index contributed by atoms with van der Waals surface area (Å²) >= 11 is 4.45. The van der Waals surface area contributed by atoms with Crippen LogP contribution in [0.2, 0.25) is 0 Å². The van der Waals surface area contributed by atoms with Crippen molar-refractivity contribution in [3.05, 3.63) is 28.8 Å². The van der Waals surface area contributed by atoms with E-state index in [2.05, 4.69) is 45.5 Å². The standard InChI is InChI=1S/C12H20N2S/c1-12(2,3)10-4-8(6-13)11(15)9(5-10)7-14/h4-5,15H,6-7,13-14H2,1-3H3. The first-order valence-electron chi connectivity index (χ1n) is 5.15. The lowest BCUT2D eigenvalue weighted by molar-refractivity contribution is 0.587. The van der Waals surface area contributed by atoms with Crippen LogP contribution < -0.4 is 11.5 Å². The van der Waals surface area contributed by atoms with Crippen molar-refractivity contribution < 1.29 is 0 Å². The molecule has 0 atom stereocenters. The minimum absolute atomic E-state index is 0.120. The van der Waals surface area contributed by atoms with Crippen LogP contribution in [0.15, 0.2) is 17.0 Å². The summed E-state index contributed by atoms with van der Waals surface area (Å²) in [5.74, 6) is 0. The summed E-state index contributed by atoms with van der Waals surface area (Å²) in [4.78, 5) is 0.938. The van der Waals surface area contributed by atoms with Gasteiger partial charge in [-0.05, 0) is 22.1 Å². The van der Waals surface area contributed by atoms with Gasteiger partial charge in [0.25, 0.3) is 0 Å². The summed E-state index contributed by atoms with van der Waals surface area (Å²) in [6.45, 7) is 7.56. The van der Waals surface area contributed by atoms with Crippen molar-refractivity contribution in [2.75, 3.05) is 0 Å². The predicted molar refractivity (Wildman–Crippen MR) is 68.2 cm³/mol. The minimum Gasteiger partial charge on any atom is -0.326 e. The van der Waals surface area contributed by atoms with Gasteiger partial charge in [0.1, 0.15) is 0 Å². The molecule has 0 heterocycles. The number of benzene rings is 1. The molecule has 0 aliphatic rings. The second-order valence-corrected chi connectivity index (χ2v) is 5.25. The Hall–Kier alpha value is -0.510. The molecule has 0 amide bonds. The fourth-order valence-electron chi connectivity index (χ4n) is 1.50. The van der Waals surface area contributed by atoms with E-state index in [-0.39, 0.29) is 5.41 Å². The third kappa shape index (κ3) is 2.74. The molecule has 3 heteroatoms. The summed E-state index contributed by atoms with van der Waals surface area (Å²) in [7, 11) is 0. The average Bonchev–Trinajstić information content (AvgIpc) is 2.16. The highest BCUT2D eigenvalue weighted by atomic mass is 32.1. The number of rotatable bonds is 2. The molecule has 1 rings (SSSR count). The van der Waals surface area contributed by atoms with E-state index in [0.29, 0.717) is 13.1 Å². The van der Waals surface area contributed by atoms with Crippen molar-refractivity contribution >= 4 is 12.6 Å². The van der Waals surface area contributed by atoms with Crippen LogP contribution >= 0.6 is 12.6 Å². The van der Waals surface area contributed by atoms with Gasteiger partial charge in [-0.3, -0.25) is 0 Å². The molecule has 0 aliphatic carbocycles. The molecule has 84 valence electrons. The lowest BCUT2D eigenvalue weighted by Gasteiger charge is -2.22. The Bertz CT molecular complexity index is 328. The smallest absolute Gasteiger partial charge is 0.0189 e. The fourth-order valence-corrected chi connectivity index (χ4v) is 1.82. The summed E-state index contributed by atoms with van der Waals surface area (Å²) in [5, 5.41) is 0. The van der Waals surface area contributed by atoms with E-state index in [0.717, 1.165) is 16.0 Å². The Labute approximate surface area is 97.5 Å². The van der Waals surface area contributed by atoms with Crippen molar-refractivity contribution in [1.29, 1.82) is 0 Å². The first-order valence-corrected chi connectivity index (χ1v) is 5.60. The predicted octanol–water partition coefficient (Wildman–Crippen LogP) is 2.19. The quantitative estimate of drug-likeness (QED) is 0.675. The van der Waals surface area contributed by atoms with Gasteiger partial charge >= 0.3 is 0 Å². The minimum atomic E-state index is 0.120. The highest BCUT2D eigenvalue weighted by Gasteiger charge is 2.16. The molecular formula is C12H20N2S. The van der Waals surface area contributed by atoms with E-state index in [1.807, 2.05) is 0 Å². The molecule has 4 N–H and O–H groups in total. The first-order chi connectivity index (χ1) is 6.90. The molecule has 0 bridgehead atoms. The van der Waals surface area contributed by atoms with Crippen LogP contribution in [-0.4, -0.2) is 0 Å². The molecule has 1 aromatic rings. The monoisotopic (exact) mass is 224 g/mol. The Morgan fingerprint density at radius 3 is 1.73 bits per heavy atom. The van der Waals surface area contributed by atoms with Gasteiger partial charge in [-0.1, -0.05) is 32.9 Å². The molecule has 0 fully saturated rings. The van der Waals surface area contributed by atoms with E-state index in [4.69, 9.17) is 11.5 Å². The Kier molecular flexibility index (Phi) is 3.82. The lowest BCUT2D eigenvalue weighted by atomic mass is 9.85. The largest absolute Gasteiger partial charge is 0.326 e. The van der Waals surface area contributed by atoms with Crippen LogP contribution in [0.25, 0.3) is 0 Å². The van der Waals surface area contributed by atoms with E-state index in [1.54, 1.807) is 0 Å². The Morgan fingerprint density at radius 1 is 1.07 bits per heavy atom. The van der Waals surface area contributed by atoms with Crippen LogP contribution in [0.5, 0.6) is 0 Å². The summed E-state index contributed by atoms with van der Waals surface area (Å²) in [6.07, 6.45) is 0. The molecule has 0 saturated carbocycles. The Balaban J connectivity index is 3.33. The maximum Gasteiger partial charge on any atom is 0.0189 e. The molecule has 0 aromatic heterocycles. The number of hydrogen-bond acceptors (Lipinski definition) is 3. The van der Waals surface area contributed by atoms with Crippen LogP contribution in [-0.2, 0) is 18.5 Å². The zero-order valence-electron chi connectivity index (χ0n) is 9.67. The van der Waals surface area contributed by atoms with E-state index < -0.39 is 0 Å². The van der Waals surface area contributed by atoms with Gasteiger partial charge in [0, 0.05) is 18.0 Å². The van der Waals surface area contributed by atoms with Gasteiger partial charge in [-0.25, -0.2) is 0 Å². The number of nitrogens with two attached hydrogens (primary N) is 2. The maximum absolute atomic E-state index is 5.70. The summed E-state index contributed by atoms with van der Waals surface area (Å²) < 4.78 is 0. The SMILES string of the molecule is CC(C)(C)c1cc(CN)c(S)c(CN)c1. The van der Waals surface area contributed by atoms with Crippen molar-refractivity contribution in [2.45, 2.75) is 44.2 Å². The van der Waals surface area contributed by atoms with Crippen LogP contribution in [0.1, 0.15) is 37.5 Å². The molecule has 2 nitrogen and oxygen atoms in total. The zero-order valence-corrected chi connectivity index (χ0v) is 10.6. The van der Waals surface area contributed by atoms with Crippen molar-refractivity contribution in [1.82, 2.24) is 0 Å². The van der Waals surface area contributed by atoms with Crippen LogP contribution in [0, 0.1) is 0 Å². The molecule has 1 aromatic carbocycles. The lowest BCUT2D eigenvalue weighted by Crippen LogP contribution is -2.14. The van der Waals surface area contributed by atoms with Gasteiger partial charge in [-0.15, -0.1) is 12.6 Å². The Morgan fingerprint density at radius 2 is 1.47 bits per heavy atom. The zero-order chi connectivity index (χ0) is 11.6. The van der Waals surface area contributed by atoms with E-state index >= 15 is 0 Å². The summed E-state index contributed by atoms with van der Waals surface area (Å²) in [5.41, 5.74) is 14.9. The molecule has 0 unspecified atom stereocenters. The van der Waals surface area contributed by atoms with Gasteiger partial charge in [-0.2, -0.15) is 0 Å². The first kappa shape index (κ1) is 12.6. The molecular weight excluding hydrogens is 204 g/mol. The molecule has 0 aliphatic heterocycles. The third-order valence-corrected chi connectivity index (χ3v) is 3.15. The number of thiol groups is 1. The van der Waals surface area contributed by atoms with Gasteiger partial charge in [0.2, 0.25) is 0 Å². The van der Waals surface area contributed by atoms with Crippen molar-refractivity contribution in [2.24, 2.45) is 11.5 Å². The fraction of sp³-hybridized carbons (Fsp3) is 0.500. The molecule has 0 spiro atoms. The van der Waals surface area contributed by atoms with Gasteiger partial charge < -0.3 is 11.5 Å². The summed E-state index contributed by atoms with van der Waals surface area (Å²) in [6, 6.07) is 4.25. The molecule has 15 heavy (non-hydrogen) atoms. The van der Waals surface area contributed by atoms with E-state index in [9.17, 15) is 0 Å². The van der Waals surface area contributed by atoms with Gasteiger partial charge in [0.15, 0.2) is 0 Å². The third-order valence-electron chi connectivity index (χ3n) is 2.57. The molecule has 0 radical (unpaired) electrons. The van der Waals surface area contributed by atoms with Gasteiger partial charge in [0.05, 0.1) is 0 Å². The normalized spacial score (nSPS) is 11.9. The van der Waals surface area contributed by atoms with Crippen molar-refractivity contribution in [3.8, 4) is 0 Å². The molecule has 0 saturated heterocycles. The highest BCUT2D eigenvalue weighted by molar-refractivity contribution is 7.80. The van der Waals surface area contributed by atoms with Crippen LogP contribution in [0.3, 0.4) is 0 Å².